The number of nitrogens with zero attached hydrogens (tertiary/aromatic N) is 1. The van der Waals surface area contributed by atoms with Gasteiger partial charge in [0.05, 0.1) is 5.69 Å². The highest BCUT2D eigenvalue weighted by Gasteiger charge is 2.17. The number of pyridine rings is 1. The van der Waals surface area contributed by atoms with Crippen LogP contribution < -0.4 is 4.74 Å². The quantitative estimate of drug-likeness (QED) is 0.843. The van der Waals surface area contributed by atoms with Gasteiger partial charge in [-0.25, -0.2) is 4.79 Å². The van der Waals surface area contributed by atoms with Crippen molar-refractivity contribution in [3.8, 4) is 11.5 Å². The summed E-state index contributed by atoms with van der Waals surface area (Å²) in [5.41, 5.74) is 0.917. The van der Waals surface area contributed by atoms with Gasteiger partial charge in [0.1, 0.15) is 17.1 Å². The molecule has 0 bridgehead atoms. The Labute approximate surface area is 121 Å². The lowest BCUT2D eigenvalue weighted by Gasteiger charge is -2.12. The normalized spacial score (nSPS) is 10.3. The van der Waals surface area contributed by atoms with E-state index in [4.69, 9.17) is 4.74 Å². The van der Waals surface area contributed by atoms with E-state index in [2.05, 4.69) is 4.98 Å². The molecule has 2 rings (SSSR count). The second-order valence-electron chi connectivity index (χ2n) is 4.06. The van der Waals surface area contributed by atoms with E-state index < -0.39 is 5.97 Å². The Morgan fingerprint density at radius 1 is 1.30 bits per heavy atom. The van der Waals surface area contributed by atoms with E-state index in [-0.39, 0.29) is 5.56 Å². The lowest BCUT2D eigenvalue weighted by Crippen LogP contribution is -2.03. The second-order valence-corrected chi connectivity index (χ2v) is 5.36. The summed E-state index contributed by atoms with van der Waals surface area (Å²) < 4.78 is 5.73. The van der Waals surface area contributed by atoms with E-state index in [1.165, 1.54) is 11.8 Å². The Balaban J connectivity index is 2.44. The summed E-state index contributed by atoms with van der Waals surface area (Å²) in [7, 11) is 0. The fraction of sp³-hybridized carbons (Fsp3) is 0.200. The van der Waals surface area contributed by atoms with E-state index in [0.29, 0.717) is 16.4 Å². The highest BCUT2D eigenvalue weighted by Crippen LogP contribution is 2.33. The number of thioether (sulfide) groups is 1. The van der Waals surface area contributed by atoms with Crippen molar-refractivity contribution in [3.05, 3.63) is 47.8 Å². The van der Waals surface area contributed by atoms with Crippen LogP contribution in [0, 0.1) is 6.92 Å². The predicted octanol–water partition coefficient (Wildman–Crippen LogP) is 3.99. The number of carbonyl (C=O) groups is 1. The van der Waals surface area contributed by atoms with E-state index in [0.717, 1.165) is 11.4 Å². The molecule has 0 unspecified atom stereocenters. The number of aryl methyl sites for hydroxylation is 1. The van der Waals surface area contributed by atoms with Crippen LogP contribution >= 0.6 is 11.8 Å². The van der Waals surface area contributed by atoms with Gasteiger partial charge < -0.3 is 9.84 Å². The van der Waals surface area contributed by atoms with Crippen LogP contribution in [0.15, 0.2) is 41.4 Å². The van der Waals surface area contributed by atoms with Crippen molar-refractivity contribution in [2.45, 2.75) is 18.7 Å². The Morgan fingerprint density at radius 3 is 2.70 bits per heavy atom. The summed E-state index contributed by atoms with van der Waals surface area (Å²) in [4.78, 5) is 16.3. The molecular weight excluding hydrogens is 274 g/mol. The maximum atomic E-state index is 11.5. The Bertz CT molecular complexity index is 628. The number of ether oxygens (including phenoxy) is 1. The van der Waals surface area contributed by atoms with Gasteiger partial charge in [-0.3, -0.25) is 4.98 Å². The van der Waals surface area contributed by atoms with Gasteiger partial charge in [-0.1, -0.05) is 13.0 Å². The van der Waals surface area contributed by atoms with E-state index in [9.17, 15) is 9.90 Å². The first-order chi connectivity index (χ1) is 9.63. The van der Waals surface area contributed by atoms with Crippen molar-refractivity contribution in [2.24, 2.45) is 0 Å². The average molecular weight is 289 g/mol. The lowest BCUT2D eigenvalue weighted by atomic mass is 10.2. The van der Waals surface area contributed by atoms with Crippen molar-refractivity contribution in [1.29, 1.82) is 0 Å². The third-order valence-corrected chi connectivity index (χ3v) is 3.62. The summed E-state index contributed by atoms with van der Waals surface area (Å²) in [5.74, 6) is 0.717. The number of carboxylic acid groups (broad SMARTS) is 1. The molecule has 0 radical (unpaired) electrons. The van der Waals surface area contributed by atoms with Crippen LogP contribution in [-0.2, 0) is 0 Å². The molecule has 20 heavy (non-hydrogen) atoms. The number of rotatable bonds is 5. The zero-order valence-corrected chi connectivity index (χ0v) is 12.1. The first-order valence-corrected chi connectivity index (χ1v) is 7.20. The molecule has 0 aliphatic carbocycles. The van der Waals surface area contributed by atoms with Crippen LogP contribution in [0.5, 0.6) is 11.5 Å². The molecule has 0 spiro atoms. The highest BCUT2D eigenvalue weighted by molar-refractivity contribution is 7.99. The summed E-state index contributed by atoms with van der Waals surface area (Å²) >= 11 is 1.48. The van der Waals surface area contributed by atoms with Crippen LogP contribution in [0.4, 0.5) is 0 Å². The van der Waals surface area contributed by atoms with E-state index in [1.807, 2.05) is 13.8 Å². The minimum Gasteiger partial charge on any atom is -0.478 e. The zero-order valence-electron chi connectivity index (χ0n) is 11.3. The van der Waals surface area contributed by atoms with Crippen LogP contribution in [0.2, 0.25) is 0 Å². The maximum Gasteiger partial charge on any atom is 0.340 e. The third kappa shape index (κ3) is 3.11. The molecule has 0 aliphatic rings. The lowest BCUT2D eigenvalue weighted by molar-refractivity contribution is 0.0690. The first kappa shape index (κ1) is 14.4. The van der Waals surface area contributed by atoms with Gasteiger partial charge in [0.25, 0.3) is 0 Å². The monoisotopic (exact) mass is 289 g/mol. The number of aromatic carboxylic acids is 1. The summed E-state index contributed by atoms with van der Waals surface area (Å²) in [6.07, 6.45) is 1.67. The standard InChI is InChI=1S/C15H15NO3S/c1-3-20-13-8-4-6-12(14(13)15(17)18)19-11-7-5-9-16-10(11)2/h4-9H,3H2,1-2H3,(H,17,18). The molecule has 0 fully saturated rings. The molecule has 4 nitrogen and oxygen atoms in total. The molecule has 0 saturated carbocycles. The van der Waals surface area contributed by atoms with Crippen LogP contribution in [-0.4, -0.2) is 21.8 Å². The zero-order chi connectivity index (χ0) is 14.5. The van der Waals surface area contributed by atoms with Crippen molar-refractivity contribution >= 4 is 17.7 Å². The number of hydrogen-bond acceptors (Lipinski definition) is 4. The van der Waals surface area contributed by atoms with Gasteiger partial charge in [-0.15, -0.1) is 11.8 Å². The number of aromatic nitrogens is 1. The second kappa shape index (κ2) is 6.43. The molecule has 0 amide bonds. The Hall–Kier alpha value is -2.01. The molecule has 104 valence electrons. The predicted molar refractivity (Wildman–Crippen MR) is 78.8 cm³/mol. The fourth-order valence-corrected chi connectivity index (χ4v) is 2.60. The third-order valence-electron chi connectivity index (χ3n) is 2.68. The number of hydrogen-bond donors (Lipinski definition) is 1. The molecule has 1 aromatic carbocycles. The van der Waals surface area contributed by atoms with Crippen LogP contribution in [0.3, 0.4) is 0 Å². The maximum absolute atomic E-state index is 11.5. The molecule has 2 aromatic rings. The molecule has 1 N–H and O–H groups in total. The van der Waals surface area contributed by atoms with Crippen molar-refractivity contribution in [2.75, 3.05) is 5.75 Å². The largest absolute Gasteiger partial charge is 0.478 e. The van der Waals surface area contributed by atoms with Crippen molar-refractivity contribution in [1.82, 2.24) is 4.98 Å². The molecule has 0 saturated heterocycles. The van der Waals surface area contributed by atoms with E-state index in [1.54, 1.807) is 36.5 Å². The van der Waals surface area contributed by atoms with Gasteiger partial charge in [0, 0.05) is 11.1 Å². The molecule has 0 aliphatic heterocycles. The molecule has 0 atom stereocenters. The Kier molecular flexibility index (Phi) is 4.63. The minimum absolute atomic E-state index is 0.197. The molecule has 1 heterocycles. The number of carboxylic acids is 1. The fourth-order valence-electron chi connectivity index (χ4n) is 1.78. The van der Waals surface area contributed by atoms with Gasteiger partial charge in [0.15, 0.2) is 0 Å². The first-order valence-electron chi connectivity index (χ1n) is 6.22. The van der Waals surface area contributed by atoms with Crippen molar-refractivity contribution < 1.29 is 14.6 Å². The summed E-state index contributed by atoms with van der Waals surface area (Å²) in [5, 5.41) is 9.41. The summed E-state index contributed by atoms with van der Waals surface area (Å²) in [6.45, 7) is 3.80. The average Bonchev–Trinajstić information content (AvgIpc) is 2.41. The van der Waals surface area contributed by atoms with E-state index >= 15 is 0 Å². The summed E-state index contributed by atoms with van der Waals surface area (Å²) in [6, 6.07) is 8.78. The van der Waals surface area contributed by atoms with Crippen LogP contribution in [0.1, 0.15) is 23.0 Å². The van der Waals surface area contributed by atoms with Gasteiger partial charge in [-0.05, 0) is 36.9 Å². The molecule has 5 heteroatoms. The van der Waals surface area contributed by atoms with Gasteiger partial charge in [0.2, 0.25) is 0 Å². The topological polar surface area (TPSA) is 59.4 Å². The minimum atomic E-state index is -0.988. The van der Waals surface area contributed by atoms with Crippen LogP contribution in [0.25, 0.3) is 0 Å². The van der Waals surface area contributed by atoms with Gasteiger partial charge >= 0.3 is 5.97 Å². The Morgan fingerprint density at radius 2 is 2.05 bits per heavy atom. The molecular formula is C15H15NO3S. The smallest absolute Gasteiger partial charge is 0.340 e. The SMILES string of the molecule is CCSc1cccc(Oc2cccnc2C)c1C(=O)O. The molecule has 1 aromatic heterocycles. The highest BCUT2D eigenvalue weighted by atomic mass is 32.2. The number of benzene rings is 1. The van der Waals surface area contributed by atoms with Gasteiger partial charge in [-0.2, -0.15) is 0 Å². The van der Waals surface area contributed by atoms with Crippen molar-refractivity contribution in [3.63, 3.8) is 0 Å².